The van der Waals surface area contributed by atoms with E-state index in [1.54, 1.807) is 0 Å². The number of amides is 1. The van der Waals surface area contributed by atoms with Crippen LogP contribution in [0.25, 0.3) is 0 Å². The van der Waals surface area contributed by atoms with E-state index in [-0.39, 0.29) is 5.91 Å². The predicted molar refractivity (Wildman–Crippen MR) is 81.1 cm³/mol. The van der Waals surface area contributed by atoms with Gasteiger partial charge in [-0.05, 0) is 69.6 Å². The van der Waals surface area contributed by atoms with Crippen LogP contribution < -0.4 is 10.6 Å². The lowest BCUT2D eigenvalue weighted by molar-refractivity contribution is -0.116. The van der Waals surface area contributed by atoms with Crippen LogP contribution in [0.15, 0.2) is 22.7 Å². The Bertz CT molecular complexity index is 421. The largest absolute Gasteiger partial charge is 0.325 e. The topological polar surface area (TPSA) is 41.1 Å². The van der Waals surface area contributed by atoms with Gasteiger partial charge in [-0.2, -0.15) is 0 Å². The molecule has 1 aromatic rings. The molecule has 0 spiro atoms. The van der Waals surface area contributed by atoms with Gasteiger partial charge in [0.1, 0.15) is 0 Å². The molecule has 0 bridgehead atoms. The molecule has 1 aliphatic carbocycles. The Kier molecular flexibility index (Phi) is 4.81. The first-order valence-electron chi connectivity index (χ1n) is 5.63. The van der Waals surface area contributed by atoms with Crippen molar-refractivity contribution in [2.24, 2.45) is 0 Å². The van der Waals surface area contributed by atoms with E-state index < -0.39 is 0 Å². The Balaban J connectivity index is 1.81. The average Bonchev–Trinajstić information content (AvgIpc) is 3.07. The molecule has 0 saturated heterocycles. The van der Waals surface area contributed by atoms with E-state index in [4.69, 9.17) is 0 Å². The van der Waals surface area contributed by atoms with Crippen molar-refractivity contribution >= 4 is 50.1 Å². The Labute approximate surface area is 123 Å². The predicted octanol–water partition coefficient (Wildman–Crippen LogP) is 3.13. The Morgan fingerprint density at radius 2 is 2.24 bits per heavy atom. The molecule has 1 saturated carbocycles. The second-order valence-corrected chi connectivity index (χ2v) is 6.25. The van der Waals surface area contributed by atoms with Gasteiger partial charge in [-0.25, -0.2) is 0 Å². The first-order chi connectivity index (χ1) is 8.15. The maximum absolute atomic E-state index is 11.7. The van der Waals surface area contributed by atoms with Gasteiger partial charge in [0.15, 0.2) is 0 Å². The van der Waals surface area contributed by atoms with E-state index in [1.807, 2.05) is 18.2 Å². The Morgan fingerprint density at radius 3 is 2.94 bits per heavy atom. The number of nitrogens with one attached hydrogen (secondary N) is 2. The highest BCUT2D eigenvalue weighted by molar-refractivity contribution is 14.1. The highest BCUT2D eigenvalue weighted by Gasteiger charge is 2.20. The van der Waals surface area contributed by atoms with E-state index in [9.17, 15) is 4.79 Å². The molecule has 1 aliphatic rings. The van der Waals surface area contributed by atoms with E-state index >= 15 is 0 Å². The molecule has 0 aromatic heterocycles. The smallest absolute Gasteiger partial charge is 0.225 e. The molecule has 0 atom stereocenters. The molecule has 0 radical (unpaired) electrons. The van der Waals surface area contributed by atoms with Gasteiger partial charge in [-0.3, -0.25) is 4.79 Å². The summed E-state index contributed by atoms with van der Waals surface area (Å²) in [5, 5.41) is 6.24. The van der Waals surface area contributed by atoms with Crippen molar-refractivity contribution < 1.29 is 4.79 Å². The van der Waals surface area contributed by atoms with Crippen molar-refractivity contribution in [3.05, 3.63) is 26.2 Å². The summed E-state index contributed by atoms with van der Waals surface area (Å²) in [5.74, 6) is 0.0563. The number of anilines is 1. The molecule has 0 heterocycles. The lowest BCUT2D eigenvalue weighted by Gasteiger charge is -2.08. The van der Waals surface area contributed by atoms with Crippen LogP contribution >= 0.6 is 38.5 Å². The molecular weight excluding hydrogens is 395 g/mol. The Morgan fingerprint density at radius 1 is 1.47 bits per heavy atom. The van der Waals surface area contributed by atoms with E-state index in [2.05, 4.69) is 49.2 Å². The van der Waals surface area contributed by atoms with E-state index in [1.165, 1.54) is 12.8 Å². The fourth-order valence-electron chi connectivity index (χ4n) is 1.48. The molecule has 0 aliphatic heterocycles. The second-order valence-electron chi connectivity index (χ2n) is 4.15. The summed E-state index contributed by atoms with van der Waals surface area (Å²) >= 11 is 5.66. The summed E-state index contributed by atoms with van der Waals surface area (Å²) in [7, 11) is 0. The standard InChI is InChI=1S/C12H14BrIN2O/c13-10-4-1-8(14)7-11(10)16-12(17)5-6-15-9-2-3-9/h1,4,7,9,15H,2-3,5-6H2,(H,16,17). The van der Waals surface area contributed by atoms with Crippen molar-refractivity contribution in [3.8, 4) is 0 Å². The fourth-order valence-corrected chi connectivity index (χ4v) is 2.32. The second kappa shape index (κ2) is 6.15. The van der Waals surface area contributed by atoms with Crippen LogP contribution in [0.1, 0.15) is 19.3 Å². The molecule has 5 heteroatoms. The fraction of sp³-hybridized carbons (Fsp3) is 0.417. The molecule has 92 valence electrons. The molecule has 1 amide bonds. The summed E-state index contributed by atoms with van der Waals surface area (Å²) in [6.45, 7) is 0.762. The van der Waals surface area contributed by atoms with Crippen LogP contribution in [0.3, 0.4) is 0 Å². The third kappa shape index (κ3) is 4.56. The molecule has 3 nitrogen and oxygen atoms in total. The molecule has 0 unspecified atom stereocenters. The number of rotatable bonds is 5. The van der Waals surface area contributed by atoms with Gasteiger partial charge in [0, 0.05) is 27.1 Å². The van der Waals surface area contributed by atoms with Crippen molar-refractivity contribution in [2.45, 2.75) is 25.3 Å². The van der Waals surface area contributed by atoms with Gasteiger partial charge < -0.3 is 10.6 Å². The summed E-state index contributed by atoms with van der Waals surface area (Å²) in [5.41, 5.74) is 0.841. The first-order valence-corrected chi connectivity index (χ1v) is 7.50. The van der Waals surface area contributed by atoms with E-state index in [0.717, 1.165) is 20.3 Å². The Hall–Kier alpha value is -0.140. The number of halogens is 2. The zero-order valence-electron chi connectivity index (χ0n) is 9.30. The number of benzene rings is 1. The molecular formula is C12H14BrIN2O. The number of hydrogen-bond acceptors (Lipinski definition) is 2. The highest BCUT2D eigenvalue weighted by atomic mass is 127. The normalized spacial score (nSPS) is 14.7. The van der Waals surface area contributed by atoms with Gasteiger partial charge in [0.2, 0.25) is 5.91 Å². The molecule has 2 N–H and O–H groups in total. The van der Waals surface area contributed by atoms with Gasteiger partial charge >= 0.3 is 0 Å². The van der Waals surface area contributed by atoms with Crippen LogP contribution in [0.5, 0.6) is 0 Å². The summed E-state index contributed by atoms with van der Waals surface area (Å²) < 4.78 is 2.03. The van der Waals surface area contributed by atoms with Crippen LogP contribution in [0.2, 0.25) is 0 Å². The zero-order valence-corrected chi connectivity index (χ0v) is 13.0. The monoisotopic (exact) mass is 408 g/mol. The van der Waals surface area contributed by atoms with Crippen molar-refractivity contribution in [1.29, 1.82) is 0 Å². The average molecular weight is 409 g/mol. The van der Waals surface area contributed by atoms with Gasteiger partial charge in [0.05, 0.1) is 5.69 Å². The van der Waals surface area contributed by atoms with Gasteiger partial charge in [0.25, 0.3) is 0 Å². The number of carbonyl (C=O) groups is 1. The van der Waals surface area contributed by atoms with Crippen molar-refractivity contribution in [1.82, 2.24) is 5.32 Å². The summed E-state index contributed by atoms with van der Waals surface area (Å²) in [4.78, 5) is 11.7. The maximum Gasteiger partial charge on any atom is 0.225 e. The van der Waals surface area contributed by atoms with Crippen LogP contribution in [-0.4, -0.2) is 18.5 Å². The minimum atomic E-state index is 0.0563. The lowest BCUT2D eigenvalue weighted by Crippen LogP contribution is -2.23. The van der Waals surface area contributed by atoms with Crippen LogP contribution in [0, 0.1) is 3.57 Å². The van der Waals surface area contributed by atoms with Crippen molar-refractivity contribution in [3.63, 3.8) is 0 Å². The molecule has 17 heavy (non-hydrogen) atoms. The third-order valence-electron chi connectivity index (χ3n) is 2.56. The number of hydrogen-bond donors (Lipinski definition) is 2. The minimum absolute atomic E-state index is 0.0563. The quantitative estimate of drug-likeness (QED) is 0.735. The molecule has 1 aromatic carbocycles. The summed E-state index contributed by atoms with van der Waals surface area (Å²) in [6, 6.07) is 6.55. The molecule has 2 rings (SSSR count). The van der Waals surface area contributed by atoms with Gasteiger partial charge in [-0.1, -0.05) is 0 Å². The van der Waals surface area contributed by atoms with Gasteiger partial charge in [-0.15, -0.1) is 0 Å². The highest BCUT2D eigenvalue weighted by Crippen LogP contribution is 2.24. The number of carbonyl (C=O) groups excluding carboxylic acids is 1. The zero-order chi connectivity index (χ0) is 12.3. The van der Waals surface area contributed by atoms with E-state index in [0.29, 0.717) is 12.5 Å². The first kappa shape index (κ1) is 13.3. The SMILES string of the molecule is O=C(CCNC1CC1)Nc1cc(I)ccc1Br. The maximum atomic E-state index is 11.7. The minimum Gasteiger partial charge on any atom is -0.325 e. The van der Waals surface area contributed by atoms with Crippen LogP contribution in [-0.2, 0) is 4.79 Å². The van der Waals surface area contributed by atoms with Crippen molar-refractivity contribution in [2.75, 3.05) is 11.9 Å². The lowest BCUT2D eigenvalue weighted by atomic mass is 10.3. The molecule has 1 fully saturated rings. The third-order valence-corrected chi connectivity index (χ3v) is 3.93. The summed E-state index contributed by atoms with van der Waals surface area (Å²) in [6.07, 6.45) is 3.03. The van der Waals surface area contributed by atoms with Crippen LogP contribution in [0.4, 0.5) is 5.69 Å².